The van der Waals surface area contributed by atoms with Crippen molar-refractivity contribution in [2.24, 2.45) is 0 Å². The number of carbonyl (C=O) groups excluding carboxylic acids is 1. The first-order chi connectivity index (χ1) is 10.8. The number of furan rings is 1. The Labute approximate surface area is 128 Å². The summed E-state index contributed by atoms with van der Waals surface area (Å²) < 4.78 is 5.79. The van der Waals surface area contributed by atoms with Gasteiger partial charge in [-0.25, -0.2) is 0 Å². The standard InChI is InChI=1S/C20H14O2/c21-18-11-5-10-17-13-19(22-20(17)18)16-9-4-8-15(12-16)14-6-2-1-3-7-14/h1-10,12-13H,11H2. The molecule has 0 aliphatic heterocycles. The van der Waals surface area contributed by atoms with Gasteiger partial charge in [-0.2, -0.15) is 0 Å². The largest absolute Gasteiger partial charge is 0.452 e. The molecule has 0 unspecified atom stereocenters. The Morgan fingerprint density at radius 1 is 0.818 bits per heavy atom. The maximum absolute atomic E-state index is 11.9. The van der Waals surface area contributed by atoms with Crippen LogP contribution in [-0.4, -0.2) is 5.78 Å². The van der Waals surface area contributed by atoms with E-state index in [1.165, 1.54) is 0 Å². The minimum atomic E-state index is 0.0444. The molecular weight excluding hydrogens is 272 g/mol. The highest BCUT2D eigenvalue weighted by atomic mass is 16.3. The fraction of sp³-hybridized carbons (Fsp3) is 0.0500. The van der Waals surface area contributed by atoms with Crippen molar-refractivity contribution in [3.63, 3.8) is 0 Å². The predicted octanol–water partition coefficient (Wildman–Crippen LogP) is 5.21. The van der Waals surface area contributed by atoms with Gasteiger partial charge >= 0.3 is 0 Å². The SMILES string of the molecule is O=C1CC=Cc2cc(-c3cccc(-c4ccccc4)c3)oc21. The van der Waals surface area contributed by atoms with Crippen LogP contribution < -0.4 is 0 Å². The molecule has 0 fully saturated rings. The molecule has 1 heterocycles. The third-order valence-corrected chi connectivity index (χ3v) is 3.87. The average molecular weight is 286 g/mol. The molecule has 0 spiro atoms. The van der Waals surface area contributed by atoms with E-state index in [1.807, 2.05) is 48.6 Å². The van der Waals surface area contributed by atoms with Crippen LogP contribution in [0.15, 0.2) is 71.2 Å². The molecule has 0 bridgehead atoms. The molecule has 0 amide bonds. The summed E-state index contributed by atoms with van der Waals surface area (Å²) in [6, 6.07) is 20.3. The van der Waals surface area contributed by atoms with E-state index < -0.39 is 0 Å². The number of fused-ring (bicyclic) bond motifs is 1. The van der Waals surface area contributed by atoms with Gasteiger partial charge in [0.2, 0.25) is 5.78 Å². The van der Waals surface area contributed by atoms with Gasteiger partial charge in [0.1, 0.15) is 5.76 Å². The summed E-state index contributed by atoms with van der Waals surface area (Å²) in [6.07, 6.45) is 4.25. The first-order valence-corrected chi connectivity index (χ1v) is 7.31. The molecule has 1 aliphatic rings. The fourth-order valence-electron chi connectivity index (χ4n) is 2.76. The van der Waals surface area contributed by atoms with Crippen molar-refractivity contribution in [3.05, 3.63) is 78.1 Å². The van der Waals surface area contributed by atoms with Crippen LogP contribution in [0.1, 0.15) is 22.5 Å². The molecular formula is C20H14O2. The van der Waals surface area contributed by atoms with Gasteiger partial charge < -0.3 is 4.42 Å². The normalized spacial score (nSPS) is 13.2. The summed E-state index contributed by atoms with van der Waals surface area (Å²) >= 11 is 0. The number of rotatable bonds is 2. The van der Waals surface area contributed by atoms with E-state index in [0.717, 1.165) is 28.0 Å². The molecule has 1 aliphatic carbocycles. The van der Waals surface area contributed by atoms with E-state index in [9.17, 15) is 4.79 Å². The number of hydrogen-bond donors (Lipinski definition) is 0. The lowest BCUT2D eigenvalue weighted by Crippen LogP contribution is -2.00. The van der Waals surface area contributed by atoms with Crippen molar-refractivity contribution in [2.45, 2.75) is 6.42 Å². The van der Waals surface area contributed by atoms with Gasteiger partial charge in [-0.3, -0.25) is 4.79 Å². The van der Waals surface area contributed by atoms with Gasteiger partial charge in [-0.1, -0.05) is 60.7 Å². The number of hydrogen-bond acceptors (Lipinski definition) is 2. The molecule has 1 aromatic heterocycles. The van der Waals surface area contributed by atoms with E-state index in [0.29, 0.717) is 12.2 Å². The van der Waals surface area contributed by atoms with Gasteiger partial charge in [0.05, 0.1) is 0 Å². The molecule has 0 N–H and O–H groups in total. The minimum Gasteiger partial charge on any atom is -0.452 e. The molecule has 0 saturated carbocycles. The average Bonchev–Trinajstić information content (AvgIpc) is 3.02. The Balaban J connectivity index is 1.78. The second-order valence-electron chi connectivity index (χ2n) is 5.37. The molecule has 0 saturated heterocycles. The molecule has 106 valence electrons. The van der Waals surface area contributed by atoms with Crippen LogP contribution in [0.2, 0.25) is 0 Å². The zero-order valence-corrected chi connectivity index (χ0v) is 12.0. The number of benzene rings is 2. The molecule has 2 aromatic carbocycles. The Morgan fingerprint density at radius 2 is 1.59 bits per heavy atom. The summed E-state index contributed by atoms with van der Waals surface area (Å²) in [5.41, 5.74) is 4.15. The van der Waals surface area contributed by atoms with Crippen LogP contribution in [0, 0.1) is 0 Å². The summed E-state index contributed by atoms with van der Waals surface area (Å²) in [5, 5.41) is 0. The van der Waals surface area contributed by atoms with Crippen molar-refractivity contribution < 1.29 is 9.21 Å². The van der Waals surface area contributed by atoms with Crippen LogP contribution in [0.4, 0.5) is 0 Å². The van der Waals surface area contributed by atoms with E-state index in [1.54, 1.807) is 0 Å². The quantitative estimate of drug-likeness (QED) is 0.647. The summed E-state index contributed by atoms with van der Waals surface area (Å²) in [5.74, 6) is 1.26. The number of Topliss-reactive ketones (excluding diaryl/α,β-unsaturated/α-hetero) is 1. The lowest BCUT2D eigenvalue weighted by Gasteiger charge is -2.04. The van der Waals surface area contributed by atoms with E-state index in [-0.39, 0.29) is 5.78 Å². The summed E-state index contributed by atoms with van der Waals surface area (Å²) in [7, 11) is 0. The van der Waals surface area contributed by atoms with Crippen molar-refractivity contribution in [1.29, 1.82) is 0 Å². The lowest BCUT2D eigenvalue weighted by atomic mass is 10.0. The molecule has 22 heavy (non-hydrogen) atoms. The fourth-order valence-corrected chi connectivity index (χ4v) is 2.76. The van der Waals surface area contributed by atoms with E-state index >= 15 is 0 Å². The van der Waals surface area contributed by atoms with Crippen LogP contribution in [0.25, 0.3) is 28.5 Å². The minimum absolute atomic E-state index is 0.0444. The van der Waals surface area contributed by atoms with Crippen molar-refractivity contribution >= 4 is 11.9 Å². The maximum Gasteiger partial charge on any atom is 0.202 e. The van der Waals surface area contributed by atoms with Crippen molar-refractivity contribution in [2.75, 3.05) is 0 Å². The molecule has 2 nitrogen and oxygen atoms in total. The molecule has 4 rings (SSSR count). The van der Waals surface area contributed by atoms with Crippen LogP contribution in [0.5, 0.6) is 0 Å². The zero-order valence-electron chi connectivity index (χ0n) is 12.0. The van der Waals surface area contributed by atoms with Crippen LogP contribution in [0.3, 0.4) is 0 Å². The Bertz CT molecular complexity index is 870. The number of ketones is 1. The highest BCUT2D eigenvalue weighted by Crippen LogP contribution is 2.32. The predicted molar refractivity (Wildman–Crippen MR) is 87.6 cm³/mol. The summed E-state index contributed by atoms with van der Waals surface area (Å²) in [4.78, 5) is 11.9. The maximum atomic E-state index is 11.9. The third-order valence-electron chi connectivity index (χ3n) is 3.87. The topological polar surface area (TPSA) is 30.2 Å². The van der Waals surface area contributed by atoms with E-state index in [2.05, 4.69) is 24.3 Å². The molecule has 0 radical (unpaired) electrons. The lowest BCUT2D eigenvalue weighted by molar-refractivity contribution is 0.0968. The highest BCUT2D eigenvalue weighted by molar-refractivity contribution is 6.01. The van der Waals surface area contributed by atoms with Crippen molar-refractivity contribution in [1.82, 2.24) is 0 Å². The number of allylic oxidation sites excluding steroid dienone is 1. The van der Waals surface area contributed by atoms with Crippen LogP contribution >= 0.6 is 0 Å². The Hall–Kier alpha value is -2.87. The zero-order chi connectivity index (χ0) is 14.9. The highest BCUT2D eigenvalue weighted by Gasteiger charge is 2.19. The van der Waals surface area contributed by atoms with Gasteiger partial charge in [-0.05, 0) is 23.3 Å². The Morgan fingerprint density at radius 3 is 2.41 bits per heavy atom. The van der Waals surface area contributed by atoms with Gasteiger partial charge in [0, 0.05) is 17.5 Å². The van der Waals surface area contributed by atoms with Gasteiger partial charge in [0.15, 0.2) is 5.76 Å². The second kappa shape index (κ2) is 5.15. The Kier molecular flexibility index (Phi) is 3.01. The van der Waals surface area contributed by atoms with Gasteiger partial charge in [0.25, 0.3) is 0 Å². The first-order valence-electron chi connectivity index (χ1n) is 7.31. The van der Waals surface area contributed by atoms with E-state index in [4.69, 9.17) is 4.42 Å². The number of carbonyl (C=O) groups is 1. The second-order valence-corrected chi connectivity index (χ2v) is 5.37. The third kappa shape index (κ3) is 2.19. The van der Waals surface area contributed by atoms with Crippen LogP contribution in [-0.2, 0) is 0 Å². The first kappa shape index (κ1) is 12.8. The van der Waals surface area contributed by atoms with Crippen molar-refractivity contribution in [3.8, 4) is 22.5 Å². The molecule has 3 aromatic rings. The molecule has 0 atom stereocenters. The summed E-state index contributed by atoms with van der Waals surface area (Å²) in [6.45, 7) is 0. The molecule has 2 heteroatoms. The smallest absolute Gasteiger partial charge is 0.202 e. The van der Waals surface area contributed by atoms with Gasteiger partial charge in [-0.15, -0.1) is 0 Å². The monoisotopic (exact) mass is 286 g/mol.